The van der Waals surface area contributed by atoms with Gasteiger partial charge >= 0.3 is 5.97 Å². The quantitative estimate of drug-likeness (QED) is 0.811. The smallest absolute Gasteiger partial charge is 0.307 e. The number of amides is 1. The van der Waals surface area contributed by atoms with Crippen molar-refractivity contribution in [1.82, 2.24) is 5.32 Å². The van der Waals surface area contributed by atoms with Crippen LogP contribution in [0.2, 0.25) is 0 Å². The average molecular weight is 253 g/mol. The third-order valence-corrected chi connectivity index (χ3v) is 4.55. The van der Waals surface area contributed by atoms with E-state index in [-0.39, 0.29) is 17.4 Å². The average Bonchev–Trinajstić information content (AvgIpc) is 2.75. The van der Waals surface area contributed by atoms with Crippen molar-refractivity contribution < 1.29 is 14.7 Å². The molecule has 0 bridgehead atoms. The summed E-state index contributed by atoms with van der Waals surface area (Å²) in [5, 5.41) is 12.3. The zero-order chi connectivity index (χ0) is 13.2. The van der Waals surface area contributed by atoms with Crippen LogP contribution in [0, 0.1) is 11.8 Å². The maximum absolute atomic E-state index is 12.3. The second kappa shape index (κ2) is 5.29. The van der Waals surface area contributed by atoms with E-state index < -0.39 is 11.9 Å². The highest BCUT2D eigenvalue weighted by atomic mass is 16.4. The third kappa shape index (κ3) is 2.85. The molecule has 102 valence electrons. The minimum Gasteiger partial charge on any atom is -0.481 e. The molecule has 0 aliphatic heterocycles. The zero-order valence-corrected chi connectivity index (χ0v) is 11.1. The molecule has 0 radical (unpaired) electrons. The number of carbonyl (C=O) groups is 2. The number of aliphatic carboxylic acids is 1. The van der Waals surface area contributed by atoms with Crippen molar-refractivity contribution in [2.24, 2.45) is 11.8 Å². The standard InChI is InChI=1S/C14H23NO3/c1-14(8-4-5-9-14)15-12(16)10-6-2-3-7-11(10)13(17)18/h10-11H,2-9H2,1H3,(H,15,16)(H,17,18)/t10-,11+/m1/s1. The molecule has 0 aromatic carbocycles. The van der Waals surface area contributed by atoms with Gasteiger partial charge in [-0.1, -0.05) is 25.7 Å². The molecule has 0 spiro atoms. The Balaban J connectivity index is 2.00. The minimum absolute atomic E-state index is 0.0356. The molecule has 0 saturated heterocycles. The van der Waals surface area contributed by atoms with Gasteiger partial charge in [-0.3, -0.25) is 9.59 Å². The van der Waals surface area contributed by atoms with E-state index in [0.717, 1.165) is 44.9 Å². The Morgan fingerprint density at radius 3 is 2.17 bits per heavy atom. The van der Waals surface area contributed by atoms with Crippen LogP contribution in [-0.2, 0) is 9.59 Å². The van der Waals surface area contributed by atoms with E-state index in [9.17, 15) is 14.7 Å². The molecule has 4 nitrogen and oxygen atoms in total. The third-order valence-electron chi connectivity index (χ3n) is 4.55. The van der Waals surface area contributed by atoms with Gasteiger partial charge in [-0.05, 0) is 32.6 Å². The minimum atomic E-state index is -0.813. The van der Waals surface area contributed by atoms with Crippen LogP contribution < -0.4 is 5.32 Å². The number of hydrogen-bond acceptors (Lipinski definition) is 2. The van der Waals surface area contributed by atoms with Gasteiger partial charge in [-0.15, -0.1) is 0 Å². The maximum atomic E-state index is 12.3. The lowest BCUT2D eigenvalue weighted by Gasteiger charge is -2.32. The van der Waals surface area contributed by atoms with Gasteiger partial charge in [0.1, 0.15) is 0 Å². The molecule has 18 heavy (non-hydrogen) atoms. The first kappa shape index (κ1) is 13.4. The lowest BCUT2D eigenvalue weighted by Crippen LogP contribution is -2.49. The SMILES string of the molecule is CC1(NC(=O)[C@@H]2CCCC[C@@H]2C(=O)O)CCCC1. The molecule has 2 atom stereocenters. The molecule has 2 rings (SSSR count). The van der Waals surface area contributed by atoms with E-state index in [4.69, 9.17) is 0 Å². The highest BCUT2D eigenvalue weighted by molar-refractivity contribution is 5.85. The Morgan fingerprint density at radius 2 is 1.61 bits per heavy atom. The Labute approximate surface area is 108 Å². The largest absolute Gasteiger partial charge is 0.481 e. The summed E-state index contributed by atoms with van der Waals surface area (Å²) in [5.41, 5.74) is -0.0996. The van der Waals surface area contributed by atoms with Gasteiger partial charge < -0.3 is 10.4 Å². The van der Waals surface area contributed by atoms with E-state index in [0.29, 0.717) is 6.42 Å². The van der Waals surface area contributed by atoms with E-state index >= 15 is 0 Å². The summed E-state index contributed by atoms with van der Waals surface area (Å²) in [5.74, 6) is -1.66. The lowest BCUT2D eigenvalue weighted by atomic mass is 9.78. The van der Waals surface area contributed by atoms with Gasteiger partial charge in [0.05, 0.1) is 11.8 Å². The van der Waals surface area contributed by atoms with Gasteiger partial charge in [-0.25, -0.2) is 0 Å². The number of carbonyl (C=O) groups excluding carboxylic acids is 1. The number of hydrogen-bond donors (Lipinski definition) is 2. The number of nitrogens with one attached hydrogen (secondary N) is 1. The van der Waals surface area contributed by atoms with Crippen LogP contribution in [0.15, 0.2) is 0 Å². The molecule has 4 heteroatoms. The second-order valence-corrected chi connectivity index (χ2v) is 6.09. The second-order valence-electron chi connectivity index (χ2n) is 6.09. The normalized spacial score (nSPS) is 30.9. The molecule has 2 fully saturated rings. The van der Waals surface area contributed by atoms with Gasteiger partial charge in [0.15, 0.2) is 0 Å². The van der Waals surface area contributed by atoms with E-state index in [2.05, 4.69) is 12.2 Å². The van der Waals surface area contributed by atoms with Crippen LogP contribution >= 0.6 is 0 Å². The topological polar surface area (TPSA) is 66.4 Å². The zero-order valence-electron chi connectivity index (χ0n) is 11.1. The van der Waals surface area contributed by atoms with Crippen LogP contribution in [0.3, 0.4) is 0 Å². The first-order chi connectivity index (χ1) is 8.52. The summed E-state index contributed by atoms with van der Waals surface area (Å²) in [6.45, 7) is 2.08. The fourth-order valence-corrected chi connectivity index (χ4v) is 3.41. The van der Waals surface area contributed by atoms with Crippen LogP contribution in [-0.4, -0.2) is 22.5 Å². The lowest BCUT2D eigenvalue weighted by molar-refractivity contribution is -0.149. The molecular formula is C14H23NO3. The molecule has 2 N–H and O–H groups in total. The fourth-order valence-electron chi connectivity index (χ4n) is 3.41. The molecule has 0 aromatic rings. The van der Waals surface area contributed by atoms with Crippen LogP contribution in [0.25, 0.3) is 0 Å². The Morgan fingerprint density at radius 1 is 1.06 bits per heavy atom. The summed E-state index contributed by atoms with van der Waals surface area (Å²) in [4.78, 5) is 23.5. The first-order valence-electron chi connectivity index (χ1n) is 7.07. The van der Waals surface area contributed by atoms with Crippen LogP contribution in [0.4, 0.5) is 0 Å². The van der Waals surface area contributed by atoms with Gasteiger partial charge in [0, 0.05) is 5.54 Å². The molecular weight excluding hydrogens is 230 g/mol. The van der Waals surface area contributed by atoms with Crippen molar-refractivity contribution in [2.75, 3.05) is 0 Å². The Kier molecular flexibility index (Phi) is 3.93. The Hall–Kier alpha value is -1.06. The van der Waals surface area contributed by atoms with Gasteiger partial charge in [-0.2, -0.15) is 0 Å². The van der Waals surface area contributed by atoms with Crippen molar-refractivity contribution in [1.29, 1.82) is 0 Å². The Bertz CT molecular complexity index is 334. The van der Waals surface area contributed by atoms with Crippen molar-refractivity contribution in [3.05, 3.63) is 0 Å². The van der Waals surface area contributed by atoms with Crippen LogP contribution in [0.5, 0.6) is 0 Å². The fraction of sp³-hybridized carbons (Fsp3) is 0.857. The predicted octanol–water partition coefficient (Wildman–Crippen LogP) is 2.33. The molecule has 0 unspecified atom stereocenters. The maximum Gasteiger partial charge on any atom is 0.307 e. The number of carboxylic acids is 1. The van der Waals surface area contributed by atoms with Gasteiger partial charge in [0.2, 0.25) is 5.91 Å². The highest BCUT2D eigenvalue weighted by Crippen LogP contribution is 2.33. The van der Waals surface area contributed by atoms with Crippen molar-refractivity contribution in [2.45, 2.75) is 63.8 Å². The molecule has 2 aliphatic carbocycles. The summed E-state index contributed by atoms with van der Waals surface area (Å²) in [6, 6.07) is 0. The molecule has 0 aromatic heterocycles. The summed E-state index contributed by atoms with van der Waals surface area (Å²) in [6.07, 6.45) is 7.61. The van der Waals surface area contributed by atoms with E-state index in [1.54, 1.807) is 0 Å². The number of carboxylic acid groups (broad SMARTS) is 1. The van der Waals surface area contributed by atoms with Crippen molar-refractivity contribution >= 4 is 11.9 Å². The van der Waals surface area contributed by atoms with E-state index in [1.807, 2.05) is 0 Å². The van der Waals surface area contributed by atoms with Gasteiger partial charge in [0.25, 0.3) is 0 Å². The summed E-state index contributed by atoms with van der Waals surface area (Å²) < 4.78 is 0. The highest BCUT2D eigenvalue weighted by Gasteiger charge is 2.39. The van der Waals surface area contributed by atoms with E-state index in [1.165, 1.54) is 0 Å². The monoisotopic (exact) mass is 253 g/mol. The van der Waals surface area contributed by atoms with Crippen LogP contribution in [0.1, 0.15) is 58.3 Å². The number of rotatable bonds is 3. The molecule has 0 heterocycles. The molecule has 2 saturated carbocycles. The van der Waals surface area contributed by atoms with Crippen molar-refractivity contribution in [3.63, 3.8) is 0 Å². The summed E-state index contributed by atoms with van der Waals surface area (Å²) in [7, 11) is 0. The predicted molar refractivity (Wildman–Crippen MR) is 68.1 cm³/mol. The molecule has 2 aliphatic rings. The summed E-state index contributed by atoms with van der Waals surface area (Å²) >= 11 is 0. The van der Waals surface area contributed by atoms with Crippen molar-refractivity contribution in [3.8, 4) is 0 Å². The molecule has 1 amide bonds. The first-order valence-corrected chi connectivity index (χ1v) is 7.07.